The molecule has 1 aromatic carbocycles. The van der Waals surface area contributed by atoms with Gasteiger partial charge in [-0.1, -0.05) is 26.3 Å². The SMILES string of the molecule is CC[C@H](C)CNC(=O)c1n[nH]c2c1CN(C(=O)Cc1ccc(F)cc1F)CC2. The fourth-order valence-electron chi connectivity index (χ4n) is 3.13. The summed E-state index contributed by atoms with van der Waals surface area (Å²) in [6.45, 7) is 5.35. The van der Waals surface area contributed by atoms with Crippen molar-refractivity contribution in [3.05, 3.63) is 52.3 Å². The Labute approximate surface area is 162 Å². The highest BCUT2D eigenvalue weighted by molar-refractivity contribution is 5.94. The smallest absolute Gasteiger partial charge is 0.272 e. The van der Waals surface area contributed by atoms with Crippen LogP contribution in [0, 0.1) is 17.6 Å². The molecule has 0 bridgehead atoms. The predicted octanol–water partition coefficient (Wildman–Crippen LogP) is 2.59. The van der Waals surface area contributed by atoms with Crippen molar-refractivity contribution in [2.75, 3.05) is 13.1 Å². The van der Waals surface area contributed by atoms with E-state index in [1.165, 1.54) is 6.07 Å². The van der Waals surface area contributed by atoms with Crippen LogP contribution in [0.1, 0.15) is 47.6 Å². The van der Waals surface area contributed by atoms with Crippen molar-refractivity contribution < 1.29 is 18.4 Å². The number of carbonyl (C=O) groups is 2. The van der Waals surface area contributed by atoms with E-state index in [4.69, 9.17) is 0 Å². The van der Waals surface area contributed by atoms with Crippen LogP contribution in [0.2, 0.25) is 0 Å². The third kappa shape index (κ3) is 4.37. The third-order valence-corrected chi connectivity index (χ3v) is 5.17. The predicted molar refractivity (Wildman–Crippen MR) is 99.6 cm³/mol. The Balaban J connectivity index is 1.68. The van der Waals surface area contributed by atoms with Gasteiger partial charge in [-0.3, -0.25) is 14.7 Å². The largest absolute Gasteiger partial charge is 0.350 e. The summed E-state index contributed by atoms with van der Waals surface area (Å²) < 4.78 is 26.9. The molecule has 2 amide bonds. The molecule has 1 aliphatic heterocycles. The molecule has 0 spiro atoms. The first-order valence-electron chi connectivity index (χ1n) is 9.45. The lowest BCUT2D eigenvalue weighted by Crippen LogP contribution is -2.38. The number of fused-ring (bicyclic) bond motifs is 1. The van der Waals surface area contributed by atoms with Gasteiger partial charge in [0.1, 0.15) is 11.6 Å². The summed E-state index contributed by atoms with van der Waals surface area (Å²) in [7, 11) is 0. The number of amides is 2. The fraction of sp³-hybridized carbons (Fsp3) is 0.450. The molecule has 3 rings (SSSR count). The van der Waals surface area contributed by atoms with Crippen LogP contribution in [0.3, 0.4) is 0 Å². The maximum atomic E-state index is 13.8. The van der Waals surface area contributed by atoms with Crippen molar-refractivity contribution in [2.45, 2.75) is 39.7 Å². The second-order valence-electron chi connectivity index (χ2n) is 7.23. The number of benzene rings is 1. The van der Waals surface area contributed by atoms with Gasteiger partial charge in [0.25, 0.3) is 5.91 Å². The van der Waals surface area contributed by atoms with E-state index < -0.39 is 11.6 Å². The van der Waals surface area contributed by atoms with Gasteiger partial charge >= 0.3 is 0 Å². The lowest BCUT2D eigenvalue weighted by atomic mass is 10.0. The lowest BCUT2D eigenvalue weighted by Gasteiger charge is -2.27. The van der Waals surface area contributed by atoms with E-state index in [1.54, 1.807) is 4.90 Å². The quantitative estimate of drug-likeness (QED) is 0.796. The number of nitrogens with zero attached hydrogens (tertiary/aromatic N) is 2. The number of nitrogens with one attached hydrogen (secondary N) is 2. The summed E-state index contributed by atoms with van der Waals surface area (Å²) in [4.78, 5) is 26.6. The highest BCUT2D eigenvalue weighted by Gasteiger charge is 2.28. The molecule has 0 unspecified atom stereocenters. The molecule has 1 aliphatic rings. The first-order valence-corrected chi connectivity index (χ1v) is 9.45. The van der Waals surface area contributed by atoms with E-state index in [0.29, 0.717) is 36.7 Å². The maximum absolute atomic E-state index is 13.8. The maximum Gasteiger partial charge on any atom is 0.272 e. The summed E-state index contributed by atoms with van der Waals surface area (Å²) >= 11 is 0. The molecule has 2 heterocycles. The fourth-order valence-corrected chi connectivity index (χ4v) is 3.13. The minimum Gasteiger partial charge on any atom is -0.350 e. The third-order valence-electron chi connectivity index (χ3n) is 5.17. The minimum absolute atomic E-state index is 0.149. The van der Waals surface area contributed by atoms with E-state index in [0.717, 1.165) is 24.2 Å². The van der Waals surface area contributed by atoms with Gasteiger partial charge in [0.2, 0.25) is 5.91 Å². The van der Waals surface area contributed by atoms with Gasteiger partial charge in [-0.25, -0.2) is 8.78 Å². The first kappa shape index (κ1) is 20.0. The zero-order valence-corrected chi connectivity index (χ0v) is 16.0. The molecule has 0 saturated heterocycles. The molecular formula is C20H24F2N4O2. The molecular weight excluding hydrogens is 366 g/mol. The normalized spacial score (nSPS) is 14.5. The van der Waals surface area contributed by atoms with Gasteiger partial charge < -0.3 is 10.2 Å². The number of hydrogen-bond donors (Lipinski definition) is 2. The van der Waals surface area contributed by atoms with E-state index in [2.05, 4.69) is 29.4 Å². The van der Waals surface area contributed by atoms with Crippen molar-refractivity contribution in [1.82, 2.24) is 20.4 Å². The van der Waals surface area contributed by atoms with Gasteiger partial charge in [-0.05, 0) is 17.5 Å². The Morgan fingerprint density at radius 2 is 2.14 bits per heavy atom. The molecule has 150 valence electrons. The highest BCUT2D eigenvalue weighted by Crippen LogP contribution is 2.22. The number of hydrogen-bond acceptors (Lipinski definition) is 3. The molecule has 2 aromatic rings. The standard InChI is InChI=1S/C20H24F2N4O2/c1-3-12(2)10-23-20(28)19-15-11-26(7-6-17(15)24-25-19)18(27)8-13-4-5-14(21)9-16(13)22/h4-5,9,12H,3,6-8,10-11H2,1-2H3,(H,23,28)(H,24,25)/t12-/m0/s1. The van der Waals surface area contributed by atoms with E-state index in [9.17, 15) is 18.4 Å². The molecule has 0 aliphatic carbocycles. The van der Waals surface area contributed by atoms with Crippen molar-refractivity contribution in [3.63, 3.8) is 0 Å². The van der Waals surface area contributed by atoms with Crippen LogP contribution < -0.4 is 5.32 Å². The highest BCUT2D eigenvalue weighted by atomic mass is 19.1. The molecule has 1 atom stereocenters. The molecule has 6 nitrogen and oxygen atoms in total. The van der Waals surface area contributed by atoms with Gasteiger partial charge in [0, 0.05) is 43.4 Å². The van der Waals surface area contributed by atoms with Crippen molar-refractivity contribution in [2.24, 2.45) is 5.92 Å². The number of H-pyrrole nitrogens is 1. The Bertz CT molecular complexity index is 881. The second-order valence-corrected chi connectivity index (χ2v) is 7.23. The van der Waals surface area contributed by atoms with Crippen LogP contribution in [-0.2, 0) is 24.2 Å². The number of aromatic amines is 1. The van der Waals surface area contributed by atoms with Crippen LogP contribution in [0.4, 0.5) is 8.78 Å². The molecule has 0 radical (unpaired) electrons. The molecule has 8 heteroatoms. The van der Waals surface area contributed by atoms with Crippen LogP contribution in [0.15, 0.2) is 18.2 Å². The van der Waals surface area contributed by atoms with Gasteiger partial charge in [-0.15, -0.1) is 0 Å². The second kappa shape index (κ2) is 8.50. The number of aromatic nitrogens is 2. The van der Waals surface area contributed by atoms with Crippen molar-refractivity contribution in [1.29, 1.82) is 0 Å². The van der Waals surface area contributed by atoms with Gasteiger partial charge in [-0.2, -0.15) is 5.10 Å². The Morgan fingerprint density at radius 3 is 2.86 bits per heavy atom. The summed E-state index contributed by atoms with van der Waals surface area (Å²) in [5.74, 6) is -1.59. The number of halogens is 2. The van der Waals surface area contributed by atoms with Crippen LogP contribution in [-0.4, -0.2) is 40.0 Å². The molecule has 0 saturated carbocycles. The van der Waals surface area contributed by atoms with E-state index in [1.807, 2.05) is 0 Å². The topological polar surface area (TPSA) is 78.1 Å². The summed E-state index contributed by atoms with van der Waals surface area (Å²) in [5.41, 5.74) is 1.98. The monoisotopic (exact) mass is 390 g/mol. The Kier molecular flexibility index (Phi) is 6.06. The zero-order chi connectivity index (χ0) is 20.3. The zero-order valence-electron chi connectivity index (χ0n) is 16.0. The van der Waals surface area contributed by atoms with Gasteiger partial charge in [0.05, 0.1) is 6.42 Å². The average molecular weight is 390 g/mol. The number of carbonyl (C=O) groups excluding carboxylic acids is 2. The summed E-state index contributed by atoms with van der Waals surface area (Å²) in [5, 5.41) is 9.88. The van der Waals surface area contributed by atoms with Gasteiger partial charge in [0.15, 0.2) is 5.69 Å². The lowest BCUT2D eigenvalue weighted by molar-refractivity contribution is -0.131. The Hall–Kier alpha value is -2.77. The minimum atomic E-state index is -0.737. The average Bonchev–Trinajstić information content (AvgIpc) is 3.11. The van der Waals surface area contributed by atoms with Crippen molar-refractivity contribution >= 4 is 11.8 Å². The number of rotatable bonds is 6. The van der Waals surface area contributed by atoms with Crippen LogP contribution in [0.5, 0.6) is 0 Å². The first-order chi connectivity index (χ1) is 13.4. The Morgan fingerprint density at radius 1 is 1.36 bits per heavy atom. The molecule has 2 N–H and O–H groups in total. The van der Waals surface area contributed by atoms with Crippen LogP contribution in [0.25, 0.3) is 0 Å². The van der Waals surface area contributed by atoms with E-state index >= 15 is 0 Å². The molecule has 28 heavy (non-hydrogen) atoms. The van der Waals surface area contributed by atoms with Crippen LogP contribution >= 0.6 is 0 Å². The molecule has 0 fully saturated rings. The summed E-state index contributed by atoms with van der Waals surface area (Å²) in [6, 6.07) is 3.19. The van der Waals surface area contributed by atoms with E-state index in [-0.39, 0.29) is 30.3 Å². The summed E-state index contributed by atoms with van der Waals surface area (Å²) in [6.07, 6.45) is 1.34. The van der Waals surface area contributed by atoms with Crippen molar-refractivity contribution in [3.8, 4) is 0 Å². The molecule has 1 aromatic heterocycles.